The normalized spacial score (nSPS) is 23.0. The zero-order valence-electron chi connectivity index (χ0n) is 12.6. The maximum absolute atomic E-state index is 12.2. The number of nitrogens with one attached hydrogen (secondary N) is 2. The molecule has 2 atom stereocenters. The van der Waals surface area contributed by atoms with Gasteiger partial charge < -0.3 is 10.1 Å². The average molecular weight is 312 g/mol. The molecule has 118 valence electrons. The number of anilines is 1. The highest BCUT2D eigenvalue weighted by Crippen LogP contribution is 2.25. The maximum atomic E-state index is 12.2. The summed E-state index contributed by atoms with van der Waals surface area (Å²) in [7, 11) is -3.45. The SMILES string of the molecule is CCNS(=O)(=O)c1ccccc1NC1CCOC(CC)C1. The molecule has 0 radical (unpaired) electrons. The highest BCUT2D eigenvalue weighted by molar-refractivity contribution is 7.89. The van der Waals surface area contributed by atoms with Crippen molar-refractivity contribution in [1.29, 1.82) is 0 Å². The van der Waals surface area contributed by atoms with Crippen molar-refractivity contribution in [3.05, 3.63) is 24.3 Å². The molecule has 5 nitrogen and oxygen atoms in total. The van der Waals surface area contributed by atoms with E-state index in [9.17, 15) is 8.42 Å². The first-order valence-electron chi connectivity index (χ1n) is 7.53. The molecule has 2 rings (SSSR count). The summed E-state index contributed by atoms with van der Waals surface area (Å²) in [4.78, 5) is 0.311. The van der Waals surface area contributed by atoms with E-state index in [1.807, 2.05) is 12.1 Å². The van der Waals surface area contributed by atoms with Crippen LogP contribution in [0, 0.1) is 0 Å². The van der Waals surface area contributed by atoms with Crippen molar-refractivity contribution in [3.63, 3.8) is 0 Å². The predicted molar refractivity (Wildman–Crippen MR) is 84.0 cm³/mol. The lowest BCUT2D eigenvalue weighted by molar-refractivity contribution is 0.00922. The first-order chi connectivity index (χ1) is 10.1. The van der Waals surface area contributed by atoms with Gasteiger partial charge in [-0.3, -0.25) is 0 Å². The lowest BCUT2D eigenvalue weighted by atomic mass is 10.0. The summed E-state index contributed by atoms with van der Waals surface area (Å²) in [5.41, 5.74) is 0.667. The topological polar surface area (TPSA) is 67.4 Å². The lowest BCUT2D eigenvalue weighted by Crippen LogP contribution is -2.34. The summed E-state index contributed by atoms with van der Waals surface area (Å²) < 4.78 is 32.7. The van der Waals surface area contributed by atoms with Gasteiger partial charge in [-0.2, -0.15) is 0 Å². The number of sulfonamides is 1. The third-order valence-corrected chi connectivity index (χ3v) is 5.30. The Balaban J connectivity index is 2.17. The zero-order chi connectivity index (χ0) is 15.3. The Morgan fingerprint density at radius 1 is 1.29 bits per heavy atom. The number of hydrogen-bond acceptors (Lipinski definition) is 4. The monoisotopic (exact) mass is 312 g/mol. The molecule has 0 amide bonds. The van der Waals surface area contributed by atoms with Crippen LogP contribution in [0.2, 0.25) is 0 Å². The predicted octanol–water partition coefficient (Wildman–Crippen LogP) is 2.35. The van der Waals surface area contributed by atoms with Gasteiger partial charge >= 0.3 is 0 Å². The van der Waals surface area contributed by atoms with E-state index >= 15 is 0 Å². The van der Waals surface area contributed by atoms with E-state index in [1.54, 1.807) is 19.1 Å². The van der Waals surface area contributed by atoms with Gasteiger partial charge in [0.25, 0.3) is 0 Å². The Morgan fingerprint density at radius 3 is 2.76 bits per heavy atom. The molecule has 2 N–H and O–H groups in total. The molecule has 21 heavy (non-hydrogen) atoms. The first kappa shape index (κ1) is 16.3. The van der Waals surface area contributed by atoms with E-state index in [4.69, 9.17) is 4.74 Å². The van der Waals surface area contributed by atoms with Crippen molar-refractivity contribution in [1.82, 2.24) is 4.72 Å². The lowest BCUT2D eigenvalue weighted by Gasteiger charge is -2.30. The molecule has 0 aliphatic carbocycles. The van der Waals surface area contributed by atoms with Crippen molar-refractivity contribution >= 4 is 15.7 Å². The van der Waals surface area contributed by atoms with Crippen molar-refractivity contribution in [2.45, 2.75) is 50.2 Å². The smallest absolute Gasteiger partial charge is 0.242 e. The van der Waals surface area contributed by atoms with Crippen LogP contribution in [-0.4, -0.2) is 33.7 Å². The van der Waals surface area contributed by atoms with Crippen LogP contribution >= 0.6 is 0 Å². The second kappa shape index (κ2) is 7.24. The second-order valence-corrected chi connectivity index (χ2v) is 7.00. The van der Waals surface area contributed by atoms with Crippen molar-refractivity contribution in [3.8, 4) is 0 Å². The number of rotatable bonds is 6. The van der Waals surface area contributed by atoms with Crippen LogP contribution in [0.4, 0.5) is 5.69 Å². The third kappa shape index (κ3) is 4.18. The van der Waals surface area contributed by atoms with E-state index in [0.29, 0.717) is 17.1 Å². The molecule has 1 aliphatic heterocycles. The molecule has 0 bridgehead atoms. The van der Waals surface area contributed by atoms with Crippen molar-refractivity contribution in [2.75, 3.05) is 18.5 Å². The second-order valence-electron chi connectivity index (χ2n) is 5.26. The van der Waals surface area contributed by atoms with Crippen LogP contribution in [-0.2, 0) is 14.8 Å². The van der Waals surface area contributed by atoms with E-state index in [-0.39, 0.29) is 12.1 Å². The van der Waals surface area contributed by atoms with Crippen LogP contribution in [0.25, 0.3) is 0 Å². The molecule has 1 aromatic carbocycles. The van der Waals surface area contributed by atoms with Gasteiger partial charge in [0, 0.05) is 19.2 Å². The van der Waals surface area contributed by atoms with E-state index < -0.39 is 10.0 Å². The fourth-order valence-electron chi connectivity index (χ4n) is 2.60. The van der Waals surface area contributed by atoms with Crippen molar-refractivity contribution < 1.29 is 13.2 Å². The van der Waals surface area contributed by atoms with Gasteiger partial charge in [-0.05, 0) is 31.4 Å². The molecule has 0 aromatic heterocycles. The molecule has 6 heteroatoms. The van der Waals surface area contributed by atoms with E-state index in [2.05, 4.69) is 17.0 Å². The van der Waals surface area contributed by atoms with Crippen molar-refractivity contribution in [2.24, 2.45) is 0 Å². The van der Waals surface area contributed by atoms with Crippen LogP contribution in [0.1, 0.15) is 33.1 Å². The van der Waals surface area contributed by atoms with Crippen LogP contribution in [0.15, 0.2) is 29.2 Å². The van der Waals surface area contributed by atoms with Gasteiger partial charge in [0.1, 0.15) is 4.90 Å². The summed E-state index contributed by atoms with van der Waals surface area (Å²) in [5.74, 6) is 0. The molecule has 1 fully saturated rings. The van der Waals surface area contributed by atoms with Gasteiger partial charge in [-0.1, -0.05) is 26.0 Å². The molecule has 1 aliphatic rings. The quantitative estimate of drug-likeness (QED) is 0.846. The minimum Gasteiger partial charge on any atom is -0.381 e. The highest BCUT2D eigenvalue weighted by atomic mass is 32.2. The largest absolute Gasteiger partial charge is 0.381 e. The standard InChI is InChI=1S/C15H24N2O3S/c1-3-13-11-12(9-10-20-13)17-14-7-5-6-8-15(14)21(18,19)16-4-2/h5-8,12-13,16-17H,3-4,9-11H2,1-2H3. The number of ether oxygens (including phenoxy) is 1. The van der Waals surface area contributed by atoms with E-state index in [0.717, 1.165) is 25.9 Å². The Labute approximate surface area is 127 Å². The summed E-state index contributed by atoms with van der Waals surface area (Å²) in [6.45, 7) is 4.98. The maximum Gasteiger partial charge on any atom is 0.242 e. The summed E-state index contributed by atoms with van der Waals surface area (Å²) in [6, 6.07) is 7.30. The Kier molecular flexibility index (Phi) is 5.61. The molecular formula is C15H24N2O3S. The average Bonchev–Trinajstić information content (AvgIpc) is 2.48. The molecule has 2 unspecified atom stereocenters. The fraction of sp³-hybridized carbons (Fsp3) is 0.600. The van der Waals surface area contributed by atoms with Gasteiger partial charge in [0.05, 0.1) is 11.8 Å². The van der Waals surface area contributed by atoms with E-state index in [1.165, 1.54) is 0 Å². The summed E-state index contributed by atoms with van der Waals surface area (Å²) >= 11 is 0. The number of benzene rings is 1. The van der Waals surface area contributed by atoms with Gasteiger partial charge in [-0.25, -0.2) is 13.1 Å². The van der Waals surface area contributed by atoms with Gasteiger partial charge in [0.2, 0.25) is 10.0 Å². The molecular weight excluding hydrogens is 288 g/mol. The molecule has 1 heterocycles. The molecule has 0 spiro atoms. The zero-order valence-corrected chi connectivity index (χ0v) is 13.4. The number of para-hydroxylation sites is 1. The van der Waals surface area contributed by atoms with Crippen LogP contribution in [0.5, 0.6) is 0 Å². The Hall–Kier alpha value is -1.11. The minimum absolute atomic E-state index is 0.252. The van der Waals surface area contributed by atoms with Crippen LogP contribution < -0.4 is 10.0 Å². The summed E-state index contributed by atoms with van der Waals surface area (Å²) in [5, 5.41) is 3.38. The third-order valence-electron chi connectivity index (χ3n) is 3.69. The number of hydrogen-bond donors (Lipinski definition) is 2. The highest BCUT2D eigenvalue weighted by Gasteiger charge is 2.24. The summed E-state index contributed by atoms with van der Waals surface area (Å²) in [6.07, 6.45) is 3.04. The first-order valence-corrected chi connectivity index (χ1v) is 9.02. The molecule has 0 saturated carbocycles. The van der Waals surface area contributed by atoms with Gasteiger partial charge in [-0.15, -0.1) is 0 Å². The molecule has 1 saturated heterocycles. The Morgan fingerprint density at radius 2 is 2.05 bits per heavy atom. The fourth-order valence-corrected chi connectivity index (χ4v) is 3.81. The Bertz CT molecular complexity index is 560. The van der Waals surface area contributed by atoms with Crippen LogP contribution in [0.3, 0.4) is 0 Å². The molecule has 1 aromatic rings. The minimum atomic E-state index is -3.45. The van der Waals surface area contributed by atoms with Gasteiger partial charge in [0.15, 0.2) is 0 Å².